The Morgan fingerprint density at radius 2 is 0.469 bits per heavy atom. The third-order valence-corrected chi connectivity index (χ3v) is 18.2. The summed E-state index contributed by atoms with van der Waals surface area (Å²) in [7, 11) is 0. The van der Waals surface area contributed by atoms with Gasteiger partial charge in [0, 0.05) is 45.0 Å². The first-order chi connectivity index (χ1) is 39.7. The number of hydrogen-bond donors (Lipinski definition) is 0. The fraction of sp³-hybridized carbons (Fsp3) is 0.0886. The molecule has 3 aliphatic carbocycles. The van der Waals surface area contributed by atoms with E-state index < -0.39 is 5.41 Å². The lowest BCUT2D eigenvalue weighted by molar-refractivity contribution is 0.660. The maximum atomic E-state index is 2.44. The van der Waals surface area contributed by atoms with Crippen LogP contribution in [0.5, 0.6) is 0 Å². The van der Waals surface area contributed by atoms with Crippen LogP contribution in [0.3, 0.4) is 0 Å². The number of nitrogens with zero attached hydrogens (tertiary/aromatic N) is 2. The van der Waals surface area contributed by atoms with Crippen molar-refractivity contribution in [2.75, 3.05) is 9.80 Å². The smallest absolute Gasteiger partial charge is 0.0713 e. The predicted molar refractivity (Wildman–Crippen MR) is 339 cm³/mol. The monoisotopic (exact) mass is 1040 g/mol. The Balaban J connectivity index is 0.870. The van der Waals surface area contributed by atoms with Gasteiger partial charge < -0.3 is 9.80 Å². The maximum Gasteiger partial charge on any atom is 0.0713 e. The van der Waals surface area contributed by atoms with Gasteiger partial charge in [-0.2, -0.15) is 0 Å². The van der Waals surface area contributed by atoms with Gasteiger partial charge in [-0.1, -0.05) is 246 Å². The summed E-state index contributed by atoms with van der Waals surface area (Å²) in [6.45, 7) is 9.47. The molecule has 0 heterocycles. The third-order valence-electron chi connectivity index (χ3n) is 18.2. The highest BCUT2D eigenvalue weighted by atomic mass is 15.1. The Kier molecular flexibility index (Phi) is 11.2. The molecule has 81 heavy (non-hydrogen) atoms. The summed E-state index contributed by atoms with van der Waals surface area (Å²) < 4.78 is 0. The Labute approximate surface area is 476 Å². The van der Waals surface area contributed by atoms with Crippen molar-refractivity contribution in [3.63, 3.8) is 0 Å². The minimum Gasteiger partial charge on any atom is -0.310 e. The first-order valence-electron chi connectivity index (χ1n) is 28.5. The lowest BCUT2D eigenvalue weighted by Crippen LogP contribution is -2.28. The van der Waals surface area contributed by atoms with E-state index in [1.54, 1.807) is 0 Å². The average molecular weight is 1040 g/mol. The van der Waals surface area contributed by atoms with Gasteiger partial charge in [-0.15, -0.1) is 0 Å². The second-order valence-electron chi connectivity index (χ2n) is 23.2. The Bertz CT molecular complexity index is 4080. The highest BCUT2D eigenvalue weighted by Crippen LogP contribution is 2.58. The van der Waals surface area contributed by atoms with Crippen molar-refractivity contribution in [1.82, 2.24) is 0 Å². The van der Waals surface area contributed by atoms with E-state index in [-0.39, 0.29) is 10.8 Å². The van der Waals surface area contributed by atoms with Gasteiger partial charge in [-0.05, 0) is 173 Å². The van der Waals surface area contributed by atoms with E-state index >= 15 is 0 Å². The minimum absolute atomic E-state index is 0.144. The highest BCUT2D eigenvalue weighted by molar-refractivity contribution is 5.90. The molecule has 0 saturated heterocycles. The zero-order chi connectivity index (χ0) is 54.5. The molecule has 2 heteroatoms. The van der Waals surface area contributed by atoms with Crippen LogP contribution in [0.4, 0.5) is 34.1 Å². The summed E-state index contributed by atoms with van der Waals surface area (Å²) in [5.41, 5.74) is 28.8. The molecule has 0 fully saturated rings. The zero-order valence-corrected chi connectivity index (χ0v) is 46.1. The van der Waals surface area contributed by atoms with Crippen LogP contribution < -0.4 is 9.80 Å². The van der Waals surface area contributed by atoms with Crippen molar-refractivity contribution in [3.05, 3.63) is 336 Å². The maximum absolute atomic E-state index is 2.44. The van der Waals surface area contributed by atoms with Gasteiger partial charge in [0.2, 0.25) is 0 Å². The molecule has 0 saturated carbocycles. The van der Waals surface area contributed by atoms with Crippen LogP contribution in [0.25, 0.3) is 55.6 Å². The standard InChI is InChI=1S/C79H60N2/c1-77(2)71-27-15-11-23-65(71)69-49-47-63(51-75(69)77)80(59-39-31-55(32-40-59)53-19-7-5-8-20-53)61-43-35-57(36-44-61)79(73-29-17-13-25-67(73)68-26-14-18-30-74(68)79)58-37-45-62(46-38-58)81(60-41-33-56(34-42-60)54-21-9-6-10-22-54)64-48-50-70-66-24-12-16-28-72(66)78(3,4)76(70)52-64/h5-52H,1-4H3. The van der Waals surface area contributed by atoms with E-state index in [1.165, 1.54) is 100 Å². The predicted octanol–water partition coefficient (Wildman–Crippen LogP) is 20.9. The van der Waals surface area contributed by atoms with Gasteiger partial charge in [-0.25, -0.2) is 0 Å². The van der Waals surface area contributed by atoms with Gasteiger partial charge >= 0.3 is 0 Å². The van der Waals surface area contributed by atoms with Crippen LogP contribution in [0.1, 0.15) is 72.2 Å². The summed E-state index contributed by atoms with van der Waals surface area (Å²) in [5, 5.41) is 0. The molecule has 0 bridgehead atoms. The fourth-order valence-corrected chi connectivity index (χ4v) is 14.2. The summed E-state index contributed by atoms with van der Waals surface area (Å²) in [6.07, 6.45) is 0. The number of benzene rings is 12. The molecule has 0 aliphatic heterocycles. The van der Waals surface area contributed by atoms with Crippen LogP contribution in [-0.4, -0.2) is 0 Å². The number of anilines is 6. The van der Waals surface area contributed by atoms with Gasteiger partial charge in [0.1, 0.15) is 0 Å². The number of fused-ring (bicyclic) bond motifs is 9. The molecule has 0 N–H and O–H groups in total. The van der Waals surface area contributed by atoms with E-state index in [1.807, 2.05) is 0 Å². The largest absolute Gasteiger partial charge is 0.310 e. The SMILES string of the molecule is CC1(C)c2ccccc2-c2ccc(N(c3ccc(-c4ccccc4)cc3)c3ccc(C4(c5ccc(N(c6ccc(-c7ccccc7)cc6)c6ccc7c(c6)C(C)(C)c6ccccc6-7)cc5)c5ccccc5-c5ccccc54)cc3)cc21. The van der Waals surface area contributed by atoms with Gasteiger partial charge in [0.15, 0.2) is 0 Å². The van der Waals surface area contributed by atoms with Crippen molar-refractivity contribution in [2.24, 2.45) is 0 Å². The molecule has 0 radical (unpaired) electrons. The summed E-state index contributed by atoms with van der Waals surface area (Å²) in [6, 6.07) is 109. The van der Waals surface area contributed by atoms with E-state index in [0.29, 0.717) is 0 Å². The molecule has 0 spiro atoms. The second-order valence-corrected chi connectivity index (χ2v) is 23.2. The minimum atomic E-state index is -0.610. The van der Waals surface area contributed by atoms with Crippen LogP contribution >= 0.6 is 0 Å². The number of rotatable bonds is 10. The molecule has 0 amide bonds. The molecule has 12 aromatic rings. The molecule has 0 aromatic heterocycles. The molecular weight excluding hydrogens is 977 g/mol. The van der Waals surface area contributed by atoms with E-state index in [0.717, 1.165) is 34.1 Å². The average Bonchev–Trinajstić information content (AvgIpc) is 4.04. The molecular formula is C79H60N2. The summed E-state index contributed by atoms with van der Waals surface area (Å²) in [4.78, 5) is 4.88. The van der Waals surface area contributed by atoms with Gasteiger partial charge in [-0.3, -0.25) is 0 Å². The molecule has 3 aliphatic rings. The van der Waals surface area contributed by atoms with E-state index in [2.05, 4.69) is 329 Å². The third kappa shape index (κ3) is 7.54. The van der Waals surface area contributed by atoms with Crippen molar-refractivity contribution >= 4 is 34.1 Å². The van der Waals surface area contributed by atoms with E-state index in [4.69, 9.17) is 0 Å². The van der Waals surface area contributed by atoms with Crippen molar-refractivity contribution in [3.8, 4) is 55.6 Å². The van der Waals surface area contributed by atoms with Crippen LogP contribution in [0.15, 0.2) is 291 Å². The second kappa shape index (κ2) is 18.7. The molecule has 2 nitrogen and oxygen atoms in total. The molecule has 0 unspecified atom stereocenters. The molecule has 12 aromatic carbocycles. The summed E-state index contributed by atoms with van der Waals surface area (Å²) >= 11 is 0. The Morgan fingerprint density at radius 1 is 0.210 bits per heavy atom. The Hall–Kier alpha value is -9.76. The van der Waals surface area contributed by atoms with Gasteiger partial charge in [0.25, 0.3) is 0 Å². The lowest BCUT2D eigenvalue weighted by Gasteiger charge is -2.35. The van der Waals surface area contributed by atoms with E-state index in [9.17, 15) is 0 Å². The van der Waals surface area contributed by atoms with Crippen LogP contribution in [0.2, 0.25) is 0 Å². The number of hydrogen-bond acceptors (Lipinski definition) is 2. The first kappa shape index (κ1) is 48.4. The normalized spacial score (nSPS) is 14.2. The quantitative estimate of drug-likeness (QED) is 0.135. The molecule has 0 atom stereocenters. The van der Waals surface area contributed by atoms with Gasteiger partial charge in [0.05, 0.1) is 5.41 Å². The Morgan fingerprint density at radius 3 is 0.827 bits per heavy atom. The first-order valence-corrected chi connectivity index (χ1v) is 28.5. The topological polar surface area (TPSA) is 6.48 Å². The van der Waals surface area contributed by atoms with Crippen LogP contribution in [-0.2, 0) is 16.2 Å². The van der Waals surface area contributed by atoms with Crippen molar-refractivity contribution < 1.29 is 0 Å². The van der Waals surface area contributed by atoms with Crippen LogP contribution in [0, 0.1) is 0 Å². The summed E-state index contributed by atoms with van der Waals surface area (Å²) in [5.74, 6) is 0. The van der Waals surface area contributed by atoms with Crippen molar-refractivity contribution in [2.45, 2.75) is 43.9 Å². The highest BCUT2D eigenvalue weighted by Gasteiger charge is 2.46. The zero-order valence-electron chi connectivity index (χ0n) is 46.1. The molecule has 386 valence electrons. The lowest BCUT2D eigenvalue weighted by atomic mass is 9.67. The van der Waals surface area contributed by atoms with Crippen molar-refractivity contribution in [1.29, 1.82) is 0 Å². The fourth-order valence-electron chi connectivity index (χ4n) is 14.2. The molecule has 15 rings (SSSR count).